The highest BCUT2D eigenvalue weighted by atomic mass is 35.5. The van der Waals surface area contributed by atoms with E-state index in [1.807, 2.05) is 0 Å². The molecule has 6 nitrogen and oxygen atoms in total. The van der Waals surface area contributed by atoms with Crippen LogP contribution in [0.1, 0.15) is 37.1 Å². The molecule has 1 aliphatic heterocycles. The molecule has 0 bridgehead atoms. The number of aliphatic imine (C=N–C) groups is 1. The standard InChI is InChI=1S/C21H19ClF3N3O3/c1-3-12(29)8-16-17(21(30)31-2)18(13-5-4-10(23)6-14(13)22)28-20(27-16)19-15(25)7-11(24)9-26-19/h4-7,9,12,18,29H,3,8H2,1-2H3,(H,27,28). The Labute approximate surface area is 181 Å². The van der Waals surface area contributed by atoms with Gasteiger partial charge in [0.15, 0.2) is 11.7 Å². The third-order valence-corrected chi connectivity index (χ3v) is 5.06. The van der Waals surface area contributed by atoms with Crippen LogP contribution in [0.25, 0.3) is 0 Å². The first-order chi connectivity index (χ1) is 14.7. The Morgan fingerprint density at radius 3 is 2.65 bits per heavy atom. The SMILES string of the molecule is CCC(O)CC1=C(C(=O)OC)C(c2ccc(F)cc2Cl)N=C(c2ncc(F)cc2F)N1. The molecular weight excluding hydrogens is 435 g/mol. The fourth-order valence-corrected chi connectivity index (χ4v) is 3.41. The third kappa shape index (κ3) is 4.88. The molecule has 2 aromatic rings. The van der Waals surface area contributed by atoms with Crippen LogP contribution < -0.4 is 5.32 Å². The number of amidine groups is 1. The summed E-state index contributed by atoms with van der Waals surface area (Å²) in [5.74, 6) is -3.31. The maximum Gasteiger partial charge on any atom is 0.338 e. The highest BCUT2D eigenvalue weighted by molar-refractivity contribution is 6.31. The van der Waals surface area contributed by atoms with Crippen molar-refractivity contribution in [3.8, 4) is 0 Å². The normalized spacial score (nSPS) is 17.1. The number of aliphatic hydroxyl groups excluding tert-OH is 1. The van der Waals surface area contributed by atoms with Crippen molar-refractivity contribution >= 4 is 23.4 Å². The molecule has 2 heterocycles. The first-order valence-corrected chi connectivity index (χ1v) is 9.73. The number of halogens is 4. The number of nitrogens with zero attached hydrogens (tertiary/aromatic N) is 2. The third-order valence-electron chi connectivity index (χ3n) is 4.73. The van der Waals surface area contributed by atoms with Crippen LogP contribution in [0.5, 0.6) is 0 Å². The summed E-state index contributed by atoms with van der Waals surface area (Å²) in [6.07, 6.45) is 0.342. The average Bonchev–Trinajstić information content (AvgIpc) is 2.72. The molecule has 2 unspecified atom stereocenters. The van der Waals surface area contributed by atoms with Gasteiger partial charge in [-0.1, -0.05) is 24.6 Å². The number of esters is 1. The number of ether oxygens (including phenoxy) is 1. The number of nitrogens with one attached hydrogen (secondary N) is 1. The van der Waals surface area contributed by atoms with Gasteiger partial charge >= 0.3 is 5.97 Å². The highest BCUT2D eigenvalue weighted by Crippen LogP contribution is 2.37. The molecule has 164 valence electrons. The number of carbonyl (C=O) groups is 1. The van der Waals surface area contributed by atoms with Crippen molar-refractivity contribution in [1.82, 2.24) is 10.3 Å². The van der Waals surface area contributed by atoms with Gasteiger partial charge in [-0.3, -0.25) is 4.99 Å². The van der Waals surface area contributed by atoms with Crippen molar-refractivity contribution < 1.29 is 27.8 Å². The Kier molecular flexibility index (Phi) is 6.97. The average molecular weight is 454 g/mol. The lowest BCUT2D eigenvalue weighted by Crippen LogP contribution is -2.36. The topological polar surface area (TPSA) is 83.8 Å². The molecule has 31 heavy (non-hydrogen) atoms. The van der Waals surface area contributed by atoms with Crippen LogP contribution in [0.4, 0.5) is 13.2 Å². The number of benzene rings is 1. The first kappa shape index (κ1) is 22.8. The minimum Gasteiger partial charge on any atom is -0.466 e. The molecule has 1 aromatic carbocycles. The Bertz CT molecular complexity index is 1080. The van der Waals surface area contributed by atoms with Crippen molar-refractivity contribution in [2.75, 3.05) is 7.11 Å². The van der Waals surface area contributed by atoms with Crippen LogP contribution in [-0.2, 0) is 9.53 Å². The Balaban J connectivity index is 2.22. The van der Waals surface area contributed by atoms with Gasteiger partial charge in [0.05, 0.1) is 25.0 Å². The summed E-state index contributed by atoms with van der Waals surface area (Å²) >= 11 is 6.21. The van der Waals surface area contributed by atoms with E-state index >= 15 is 0 Å². The second-order valence-electron chi connectivity index (χ2n) is 6.81. The van der Waals surface area contributed by atoms with E-state index in [1.54, 1.807) is 6.92 Å². The molecule has 1 aliphatic rings. The van der Waals surface area contributed by atoms with Gasteiger partial charge in [-0.15, -0.1) is 0 Å². The molecule has 3 rings (SSSR count). The number of carbonyl (C=O) groups excluding carboxylic acids is 1. The molecule has 0 aliphatic carbocycles. The van der Waals surface area contributed by atoms with Crippen molar-refractivity contribution in [3.63, 3.8) is 0 Å². The van der Waals surface area contributed by atoms with Gasteiger partial charge in [0.2, 0.25) is 0 Å². The summed E-state index contributed by atoms with van der Waals surface area (Å²) in [6.45, 7) is 1.75. The predicted molar refractivity (Wildman–Crippen MR) is 108 cm³/mol. The fraction of sp³-hybridized carbons (Fsp3) is 0.286. The van der Waals surface area contributed by atoms with E-state index in [0.717, 1.165) is 18.3 Å². The molecule has 0 saturated heterocycles. The van der Waals surface area contributed by atoms with E-state index < -0.39 is 35.6 Å². The van der Waals surface area contributed by atoms with Gasteiger partial charge in [-0.25, -0.2) is 22.9 Å². The summed E-state index contributed by atoms with van der Waals surface area (Å²) in [5.41, 5.74) is 0.197. The maximum absolute atomic E-state index is 14.4. The summed E-state index contributed by atoms with van der Waals surface area (Å²) in [6, 6.07) is 3.08. The maximum atomic E-state index is 14.4. The van der Waals surface area contributed by atoms with Crippen molar-refractivity contribution in [3.05, 3.63) is 75.5 Å². The van der Waals surface area contributed by atoms with E-state index in [4.69, 9.17) is 16.3 Å². The number of hydrogen-bond donors (Lipinski definition) is 2. The number of pyridine rings is 1. The van der Waals surface area contributed by atoms with E-state index in [1.165, 1.54) is 13.2 Å². The van der Waals surface area contributed by atoms with Crippen molar-refractivity contribution in [2.45, 2.75) is 31.9 Å². The van der Waals surface area contributed by atoms with Crippen LogP contribution in [0.15, 0.2) is 46.7 Å². The van der Waals surface area contributed by atoms with E-state index in [-0.39, 0.29) is 39.8 Å². The van der Waals surface area contributed by atoms with Crippen molar-refractivity contribution in [2.24, 2.45) is 4.99 Å². The second kappa shape index (κ2) is 9.49. The highest BCUT2D eigenvalue weighted by Gasteiger charge is 2.34. The number of methoxy groups -OCH3 is 1. The summed E-state index contributed by atoms with van der Waals surface area (Å²) in [4.78, 5) is 20.8. The van der Waals surface area contributed by atoms with Crippen LogP contribution in [-0.4, -0.2) is 35.1 Å². The lowest BCUT2D eigenvalue weighted by Gasteiger charge is -2.28. The van der Waals surface area contributed by atoms with Crippen LogP contribution >= 0.6 is 11.6 Å². The van der Waals surface area contributed by atoms with Crippen LogP contribution in [0.3, 0.4) is 0 Å². The van der Waals surface area contributed by atoms with Gasteiger partial charge in [0.25, 0.3) is 0 Å². The van der Waals surface area contributed by atoms with Gasteiger partial charge in [0, 0.05) is 28.8 Å². The Morgan fingerprint density at radius 1 is 1.29 bits per heavy atom. The lowest BCUT2D eigenvalue weighted by molar-refractivity contribution is -0.136. The van der Waals surface area contributed by atoms with E-state index in [0.29, 0.717) is 12.5 Å². The quantitative estimate of drug-likeness (QED) is 0.649. The number of aliphatic hydroxyl groups is 1. The molecule has 2 N–H and O–H groups in total. The summed E-state index contributed by atoms with van der Waals surface area (Å²) in [5, 5.41) is 13.0. The minimum atomic E-state index is -1.11. The second-order valence-corrected chi connectivity index (χ2v) is 7.21. The lowest BCUT2D eigenvalue weighted by atomic mass is 9.93. The molecule has 10 heteroatoms. The fourth-order valence-electron chi connectivity index (χ4n) is 3.14. The number of rotatable bonds is 6. The zero-order chi connectivity index (χ0) is 22.7. The Morgan fingerprint density at radius 2 is 2.03 bits per heavy atom. The summed E-state index contributed by atoms with van der Waals surface area (Å²) < 4.78 is 46.2. The monoisotopic (exact) mass is 453 g/mol. The minimum absolute atomic E-state index is 0.0145. The smallest absolute Gasteiger partial charge is 0.338 e. The van der Waals surface area contributed by atoms with Gasteiger partial charge < -0.3 is 15.2 Å². The van der Waals surface area contributed by atoms with E-state index in [9.17, 15) is 23.1 Å². The Hall–Kier alpha value is -2.91. The molecule has 0 amide bonds. The van der Waals surface area contributed by atoms with Crippen LogP contribution in [0.2, 0.25) is 5.02 Å². The van der Waals surface area contributed by atoms with Gasteiger partial charge in [-0.05, 0) is 18.6 Å². The molecule has 2 atom stereocenters. The summed E-state index contributed by atoms with van der Waals surface area (Å²) in [7, 11) is 1.17. The van der Waals surface area contributed by atoms with Gasteiger partial charge in [0.1, 0.15) is 23.4 Å². The number of hydrogen-bond acceptors (Lipinski definition) is 6. The molecular formula is C21H19ClF3N3O3. The first-order valence-electron chi connectivity index (χ1n) is 9.35. The molecule has 0 saturated carbocycles. The molecule has 1 aromatic heterocycles. The zero-order valence-electron chi connectivity index (χ0n) is 16.6. The number of aromatic nitrogens is 1. The molecule has 0 fully saturated rings. The molecule has 0 spiro atoms. The predicted octanol–water partition coefficient (Wildman–Crippen LogP) is 3.83. The zero-order valence-corrected chi connectivity index (χ0v) is 17.4. The van der Waals surface area contributed by atoms with Crippen molar-refractivity contribution in [1.29, 1.82) is 0 Å². The van der Waals surface area contributed by atoms with Crippen LogP contribution in [0, 0.1) is 17.5 Å². The molecule has 0 radical (unpaired) electrons. The van der Waals surface area contributed by atoms with E-state index in [2.05, 4.69) is 15.3 Å². The van der Waals surface area contributed by atoms with Gasteiger partial charge in [-0.2, -0.15) is 0 Å². The largest absolute Gasteiger partial charge is 0.466 e.